The van der Waals surface area contributed by atoms with Crippen LogP contribution < -0.4 is 5.73 Å². The lowest BCUT2D eigenvalue weighted by Gasteiger charge is -1.92. The van der Waals surface area contributed by atoms with Crippen LogP contribution in [0.1, 0.15) is 6.92 Å². The first-order chi connectivity index (χ1) is 3.18. The molecule has 0 saturated heterocycles. The Hall–Kier alpha value is -0.150. The number of aliphatic hydroxyl groups excluding tert-OH is 1. The Morgan fingerprint density at radius 1 is 1.86 bits per heavy atom. The van der Waals surface area contributed by atoms with E-state index in [1.807, 2.05) is 0 Å². The number of allylic oxidation sites excluding steroid dienone is 1. The van der Waals surface area contributed by atoms with Crippen molar-refractivity contribution in [1.82, 2.24) is 0 Å². The van der Waals surface area contributed by atoms with Crippen molar-refractivity contribution in [2.75, 3.05) is 6.54 Å². The molecule has 0 radical (unpaired) electrons. The zero-order valence-electron chi connectivity index (χ0n) is 4.18. The van der Waals surface area contributed by atoms with Gasteiger partial charge < -0.3 is 10.8 Å². The van der Waals surface area contributed by atoms with Crippen LogP contribution in [0.2, 0.25) is 0 Å². The van der Waals surface area contributed by atoms with Crippen LogP contribution in [-0.2, 0) is 0 Å². The first-order valence-corrected chi connectivity index (χ1v) is 2.41. The number of nitrogens with two attached hydrogens (primary N) is 1. The van der Waals surface area contributed by atoms with Gasteiger partial charge in [0.2, 0.25) is 0 Å². The molecule has 0 aromatic rings. The van der Waals surface area contributed by atoms with Gasteiger partial charge in [0, 0.05) is 11.4 Å². The van der Waals surface area contributed by atoms with Crippen LogP contribution in [0.4, 0.5) is 0 Å². The fraction of sp³-hybridized carbons (Fsp3) is 0.500. The average Bonchev–Trinajstić information content (AvgIpc) is 1.65. The van der Waals surface area contributed by atoms with E-state index in [0.29, 0.717) is 11.4 Å². The molecule has 0 spiro atoms. The van der Waals surface area contributed by atoms with Crippen LogP contribution in [0, 0.1) is 0 Å². The highest BCUT2D eigenvalue weighted by molar-refractivity contribution is 7.84. The number of hydrogen-bond donors (Lipinski definition) is 3. The molecule has 3 heteroatoms. The largest absolute Gasteiger partial charge is 0.512 e. The third-order valence-electron chi connectivity index (χ3n) is 0.611. The smallest absolute Gasteiger partial charge is 0.0996 e. The van der Waals surface area contributed by atoms with E-state index in [9.17, 15) is 0 Å². The summed E-state index contributed by atoms with van der Waals surface area (Å²) < 4.78 is 0. The quantitative estimate of drug-likeness (QED) is 0.351. The van der Waals surface area contributed by atoms with Crippen molar-refractivity contribution in [3.05, 3.63) is 10.7 Å². The first-order valence-electron chi connectivity index (χ1n) is 1.96. The second kappa shape index (κ2) is 2.93. The topological polar surface area (TPSA) is 46.2 Å². The summed E-state index contributed by atoms with van der Waals surface area (Å²) >= 11 is 3.83. The van der Waals surface area contributed by atoms with E-state index in [0.717, 1.165) is 0 Å². The summed E-state index contributed by atoms with van der Waals surface area (Å²) in [5, 5.41) is 8.54. The fourth-order valence-corrected chi connectivity index (χ4v) is 0.148. The molecule has 2 nitrogen and oxygen atoms in total. The Kier molecular flexibility index (Phi) is 2.87. The summed E-state index contributed by atoms with van der Waals surface area (Å²) in [6.45, 7) is 1.86. The molecule has 0 unspecified atom stereocenters. The Balaban J connectivity index is 3.72. The van der Waals surface area contributed by atoms with Crippen molar-refractivity contribution < 1.29 is 5.11 Å². The van der Waals surface area contributed by atoms with E-state index >= 15 is 0 Å². The van der Waals surface area contributed by atoms with Gasteiger partial charge in [-0.15, -0.1) is 12.6 Å². The van der Waals surface area contributed by atoms with Crippen molar-refractivity contribution in [2.24, 2.45) is 5.73 Å². The molecule has 0 aliphatic carbocycles. The number of thiol groups is 1. The van der Waals surface area contributed by atoms with Crippen LogP contribution in [0.3, 0.4) is 0 Å². The molecule has 0 fully saturated rings. The molecular formula is C4H9NOS. The van der Waals surface area contributed by atoms with Crippen LogP contribution in [-0.4, -0.2) is 11.7 Å². The van der Waals surface area contributed by atoms with Crippen molar-refractivity contribution in [2.45, 2.75) is 6.92 Å². The maximum Gasteiger partial charge on any atom is 0.0996 e. The van der Waals surface area contributed by atoms with Gasteiger partial charge in [-0.1, -0.05) is 0 Å². The normalized spacial score (nSPS) is 13.6. The van der Waals surface area contributed by atoms with E-state index < -0.39 is 0 Å². The third-order valence-corrected chi connectivity index (χ3v) is 1.12. The highest BCUT2D eigenvalue weighted by Crippen LogP contribution is 2.00. The molecular weight excluding hydrogens is 110 g/mol. The minimum absolute atomic E-state index is 0.200. The standard InChI is InChI=1S/C4H9NOS/c1-3(6)4(7)2-5/h6-7H,2,5H2,1H3/b4-3+. The van der Waals surface area contributed by atoms with Gasteiger partial charge in [0.25, 0.3) is 0 Å². The summed E-state index contributed by atoms with van der Waals surface area (Å²) in [6, 6.07) is 0. The minimum Gasteiger partial charge on any atom is -0.512 e. The highest BCUT2D eigenvalue weighted by Gasteiger charge is 1.87. The third kappa shape index (κ3) is 2.53. The Bertz CT molecular complexity index is 85.7. The summed E-state index contributed by atoms with van der Waals surface area (Å²) in [5.41, 5.74) is 5.08. The first kappa shape index (κ1) is 6.85. The zero-order chi connectivity index (χ0) is 5.86. The molecule has 0 aromatic carbocycles. The molecule has 0 aromatic heterocycles. The maximum atomic E-state index is 8.54. The van der Waals surface area contributed by atoms with Gasteiger partial charge in [-0.05, 0) is 6.92 Å². The zero-order valence-corrected chi connectivity index (χ0v) is 5.07. The van der Waals surface area contributed by atoms with Gasteiger partial charge in [-0.25, -0.2) is 0 Å². The lowest BCUT2D eigenvalue weighted by atomic mass is 10.5. The van der Waals surface area contributed by atoms with E-state index in [2.05, 4.69) is 12.6 Å². The van der Waals surface area contributed by atoms with Gasteiger partial charge in [0.15, 0.2) is 0 Å². The van der Waals surface area contributed by atoms with Crippen molar-refractivity contribution in [3.63, 3.8) is 0 Å². The number of rotatable bonds is 1. The van der Waals surface area contributed by atoms with Crippen molar-refractivity contribution in [3.8, 4) is 0 Å². The van der Waals surface area contributed by atoms with E-state index in [1.54, 1.807) is 6.92 Å². The Morgan fingerprint density at radius 3 is 2.29 bits per heavy atom. The van der Waals surface area contributed by atoms with E-state index in [1.165, 1.54) is 0 Å². The van der Waals surface area contributed by atoms with Gasteiger partial charge in [0.1, 0.15) is 0 Å². The van der Waals surface area contributed by atoms with Crippen LogP contribution in [0.25, 0.3) is 0 Å². The van der Waals surface area contributed by atoms with Gasteiger partial charge in [-0.3, -0.25) is 0 Å². The Labute approximate surface area is 48.4 Å². The molecule has 7 heavy (non-hydrogen) atoms. The fourth-order valence-electron chi connectivity index (χ4n) is 0.148. The Morgan fingerprint density at radius 2 is 2.29 bits per heavy atom. The molecule has 0 atom stereocenters. The van der Waals surface area contributed by atoms with Crippen LogP contribution in [0.15, 0.2) is 10.7 Å². The molecule has 0 saturated carbocycles. The number of aliphatic hydroxyl groups is 1. The van der Waals surface area contributed by atoms with Gasteiger partial charge in [0.05, 0.1) is 5.76 Å². The summed E-state index contributed by atoms with van der Waals surface area (Å²) in [5.74, 6) is 0.200. The van der Waals surface area contributed by atoms with E-state index in [4.69, 9.17) is 10.8 Å². The minimum atomic E-state index is 0.200. The second-order valence-corrected chi connectivity index (χ2v) is 1.78. The molecule has 0 heterocycles. The van der Waals surface area contributed by atoms with E-state index in [-0.39, 0.29) is 5.76 Å². The second-order valence-electron chi connectivity index (χ2n) is 1.24. The predicted molar refractivity (Wildman–Crippen MR) is 33.4 cm³/mol. The number of hydrogen-bond acceptors (Lipinski definition) is 3. The molecule has 0 aliphatic heterocycles. The summed E-state index contributed by atoms with van der Waals surface area (Å²) in [7, 11) is 0. The monoisotopic (exact) mass is 119 g/mol. The summed E-state index contributed by atoms with van der Waals surface area (Å²) in [4.78, 5) is 0.542. The average molecular weight is 119 g/mol. The molecule has 3 N–H and O–H groups in total. The summed E-state index contributed by atoms with van der Waals surface area (Å²) in [6.07, 6.45) is 0. The molecule has 0 rings (SSSR count). The lowest BCUT2D eigenvalue weighted by molar-refractivity contribution is 0.411. The maximum absolute atomic E-state index is 8.54. The van der Waals surface area contributed by atoms with Crippen molar-refractivity contribution >= 4 is 12.6 Å². The lowest BCUT2D eigenvalue weighted by Crippen LogP contribution is -1.99. The van der Waals surface area contributed by atoms with Gasteiger partial charge in [-0.2, -0.15) is 0 Å². The molecule has 42 valence electrons. The predicted octanol–water partition coefficient (Wildman–Crippen LogP) is 0.664. The van der Waals surface area contributed by atoms with Crippen LogP contribution >= 0.6 is 12.6 Å². The molecule has 0 aliphatic rings. The molecule has 0 amide bonds. The SMILES string of the molecule is C/C(O)=C(\S)CN. The van der Waals surface area contributed by atoms with Crippen molar-refractivity contribution in [1.29, 1.82) is 0 Å². The highest BCUT2D eigenvalue weighted by atomic mass is 32.1. The van der Waals surface area contributed by atoms with Gasteiger partial charge >= 0.3 is 0 Å². The van der Waals surface area contributed by atoms with Crippen LogP contribution in [0.5, 0.6) is 0 Å². The molecule has 0 bridgehead atoms.